The van der Waals surface area contributed by atoms with Crippen LogP contribution in [0.3, 0.4) is 0 Å². The molecule has 6 aromatic carbocycles. The monoisotopic (exact) mass is 567 g/mol. The molecule has 10 rings (SSSR count). The second kappa shape index (κ2) is 8.51. The Morgan fingerprint density at radius 1 is 0.558 bits per heavy atom. The molecule has 4 heterocycles. The van der Waals surface area contributed by atoms with E-state index >= 15 is 0 Å². The van der Waals surface area contributed by atoms with Crippen LogP contribution >= 0.6 is 11.3 Å². The Hall–Kier alpha value is -5.52. The molecule has 0 aliphatic heterocycles. The SMILES string of the molecule is c1ccc2c(-c3nc(-n4c5ccccc5c5c6sc7ccccc7c6ccc54)nc4c3oc3ccccc34)cccc2c1. The summed E-state index contributed by atoms with van der Waals surface area (Å²) in [5.41, 5.74) is 6.32. The van der Waals surface area contributed by atoms with Gasteiger partial charge in [0.25, 0.3) is 0 Å². The maximum atomic E-state index is 6.49. The van der Waals surface area contributed by atoms with Crippen LogP contribution in [0, 0.1) is 0 Å². The van der Waals surface area contributed by atoms with Crippen LogP contribution in [-0.2, 0) is 0 Å². The summed E-state index contributed by atoms with van der Waals surface area (Å²) in [6.07, 6.45) is 0. The highest BCUT2D eigenvalue weighted by Gasteiger charge is 2.23. The molecule has 4 aromatic heterocycles. The summed E-state index contributed by atoms with van der Waals surface area (Å²) >= 11 is 1.85. The predicted octanol–water partition coefficient (Wildman–Crippen LogP) is 10.7. The normalized spacial score (nSPS) is 12.2. The molecule has 0 fully saturated rings. The molecular formula is C38H21N3OS. The third-order valence-electron chi connectivity index (χ3n) is 8.63. The molecule has 5 heteroatoms. The van der Waals surface area contributed by atoms with Crippen LogP contribution in [0.2, 0.25) is 0 Å². The van der Waals surface area contributed by atoms with E-state index in [-0.39, 0.29) is 0 Å². The van der Waals surface area contributed by atoms with Crippen LogP contribution in [0.15, 0.2) is 132 Å². The number of hydrogen-bond acceptors (Lipinski definition) is 4. The molecule has 10 aromatic rings. The number of aromatic nitrogens is 3. The van der Waals surface area contributed by atoms with Crippen molar-refractivity contribution in [3.05, 3.63) is 127 Å². The number of furan rings is 1. The first-order valence-electron chi connectivity index (χ1n) is 14.3. The van der Waals surface area contributed by atoms with Crippen LogP contribution in [0.4, 0.5) is 0 Å². The van der Waals surface area contributed by atoms with Gasteiger partial charge in [-0.3, -0.25) is 4.57 Å². The van der Waals surface area contributed by atoms with E-state index in [0.717, 1.165) is 49.5 Å². The van der Waals surface area contributed by atoms with Crippen molar-refractivity contribution in [3.8, 4) is 17.2 Å². The van der Waals surface area contributed by atoms with Gasteiger partial charge in [0.05, 0.1) is 11.0 Å². The van der Waals surface area contributed by atoms with Crippen LogP contribution in [0.25, 0.3) is 92.0 Å². The first kappa shape index (κ1) is 23.1. The standard InChI is InChI=1S/C38H21N3OS/c1-2-12-23-22(10-1)11-9-16-25(23)34-36-35(28-15-4-7-18-31(28)42-36)40-38(39-34)41-29-17-6-3-14-27(29)33-30(41)21-20-26-24-13-5-8-19-32(24)43-37(26)33/h1-21H. The highest BCUT2D eigenvalue weighted by molar-refractivity contribution is 7.26. The minimum Gasteiger partial charge on any atom is -0.452 e. The molecule has 0 amide bonds. The van der Waals surface area contributed by atoms with Crippen molar-refractivity contribution < 1.29 is 4.42 Å². The second-order valence-corrected chi connectivity index (χ2v) is 12.0. The highest BCUT2D eigenvalue weighted by Crippen LogP contribution is 2.44. The van der Waals surface area contributed by atoms with Crippen molar-refractivity contribution in [2.45, 2.75) is 0 Å². The molecule has 0 spiro atoms. The molecule has 0 atom stereocenters. The quantitative estimate of drug-likeness (QED) is 0.209. The summed E-state index contributed by atoms with van der Waals surface area (Å²) in [5, 5.41) is 8.28. The van der Waals surface area contributed by atoms with E-state index < -0.39 is 0 Å². The van der Waals surface area contributed by atoms with Crippen molar-refractivity contribution in [1.82, 2.24) is 14.5 Å². The molecule has 4 nitrogen and oxygen atoms in total. The van der Waals surface area contributed by atoms with E-state index in [0.29, 0.717) is 11.5 Å². The Labute approximate surface area is 249 Å². The number of para-hydroxylation sites is 2. The molecule has 0 saturated heterocycles. The largest absolute Gasteiger partial charge is 0.452 e. The summed E-state index contributed by atoms with van der Waals surface area (Å²) < 4.78 is 11.3. The van der Waals surface area contributed by atoms with Crippen molar-refractivity contribution >= 4 is 86.2 Å². The van der Waals surface area contributed by atoms with Crippen molar-refractivity contribution in [2.75, 3.05) is 0 Å². The molecule has 0 N–H and O–H groups in total. The summed E-state index contributed by atoms with van der Waals surface area (Å²) in [6.45, 7) is 0. The Morgan fingerprint density at radius 3 is 2.23 bits per heavy atom. The lowest BCUT2D eigenvalue weighted by Crippen LogP contribution is -2.03. The van der Waals surface area contributed by atoms with Gasteiger partial charge in [0.15, 0.2) is 5.58 Å². The topological polar surface area (TPSA) is 43.9 Å². The second-order valence-electron chi connectivity index (χ2n) is 11.0. The zero-order valence-electron chi connectivity index (χ0n) is 22.8. The number of nitrogens with zero attached hydrogens (tertiary/aromatic N) is 3. The lowest BCUT2D eigenvalue weighted by Gasteiger charge is -2.11. The summed E-state index contributed by atoms with van der Waals surface area (Å²) in [5.74, 6) is 0.633. The average molecular weight is 568 g/mol. The molecule has 43 heavy (non-hydrogen) atoms. The number of hydrogen-bond donors (Lipinski definition) is 0. The fourth-order valence-electron chi connectivity index (χ4n) is 6.74. The average Bonchev–Trinajstić information content (AvgIpc) is 3.73. The van der Waals surface area contributed by atoms with E-state index in [2.05, 4.69) is 114 Å². The molecule has 200 valence electrons. The maximum absolute atomic E-state index is 6.49. The van der Waals surface area contributed by atoms with Gasteiger partial charge in [-0.1, -0.05) is 97.1 Å². The lowest BCUT2D eigenvalue weighted by molar-refractivity contribution is 0.666. The van der Waals surface area contributed by atoms with E-state index in [4.69, 9.17) is 14.4 Å². The Kier molecular flexibility index (Phi) is 4.57. The van der Waals surface area contributed by atoms with Gasteiger partial charge in [-0.05, 0) is 41.1 Å². The van der Waals surface area contributed by atoms with Crippen molar-refractivity contribution in [2.24, 2.45) is 0 Å². The van der Waals surface area contributed by atoms with Gasteiger partial charge >= 0.3 is 0 Å². The van der Waals surface area contributed by atoms with Gasteiger partial charge in [-0.15, -0.1) is 11.3 Å². The van der Waals surface area contributed by atoms with Crippen LogP contribution in [0.1, 0.15) is 0 Å². The third-order valence-corrected chi connectivity index (χ3v) is 9.84. The number of benzene rings is 6. The van der Waals surface area contributed by atoms with Gasteiger partial charge in [-0.2, -0.15) is 0 Å². The zero-order valence-corrected chi connectivity index (χ0v) is 23.6. The van der Waals surface area contributed by atoms with Crippen LogP contribution < -0.4 is 0 Å². The fraction of sp³-hybridized carbons (Fsp3) is 0. The maximum Gasteiger partial charge on any atom is 0.236 e. The van der Waals surface area contributed by atoms with E-state index in [9.17, 15) is 0 Å². The molecule has 0 saturated carbocycles. The highest BCUT2D eigenvalue weighted by atomic mass is 32.1. The Balaban J connectivity index is 1.38. The number of fused-ring (bicyclic) bond motifs is 11. The van der Waals surface area contributed by atoms with Gasteiger partial charge in [-0.25, -0.2) is 9.97 Å². The van der Waals surface area contributed by atoms with Gasteiger partial charge in [0, 0.05) is 41.9 Å². The third kappa shape index (κ3) is 3.14. The molecule has 0 unspecified atom stereocenters. The molecule has 0 bridgehead atoms. The van der Waals surface area contributed by atoms with Crippen molar-refractivity contribution in [1.29, 1.82) is 0 Å². The van der Waals surface area contributed by atoms with Crippen LogP contribution in [0.5, 0.6) is 0 Å². The van der Waals surface area contributed by atoms with Gasteiger partial charge < -0.3 is 4.42 Å². The Bertz CT molecular complexity index is 2740. The molecule has 0 aliphatic rings. The Morgan fingerprint density at radius 2 is 1.30 bits per heavy atom. The summed E-state index contributed by atoms with van der Waals surface area (Å²) in [6, 6.07) is 44.7. The predicted molar refractivity (Wildman–Crippen MR) is 179 cm³/mol. The van der Waals surface area contributed by atoms with Crippen LogP contribution in [-0.4, -0.2) is 14.5 Å². The summed E-state index contributed by atoms with van der Waals surface area (Å²) in [7, 11) is 0. The molecular weight excluding hydrogens is 547 g/mol. The van der Waals surface area contributed by atoms with Gasteiger partial charge in [0.2, 0.25) is 5.95 Å². The number of rotatable bonds is 2. The minimum atomic E-state index is 0.633. The number of thiophene rings is 1. The van der Waals surface area contributed by atoms with Gasteiger partial charge in [0.1, 0.15) is 16.8 Å². The fourth-order valence-corrected chi connectivity index (χ4v) is 8.00. The minimum absolute atomic E-state index is 0.633. The molecule has 0 radical (unpaired) electrons. The zero-order chi connectivity index (χ0) is 28.1. The lowest BCUT2D eigenvalue weighted by atomic mass is 10.0. The van der Waals surface area contributed by atoms with Crippen molar-refractivity contribution in [3.63, 3.8) is 0 Å². The van der Waals surface area contributed by atoms with E-state index in [1.165, 1.54) is 30.9 Å². The first-order chi connectivity index (χ1) is 21.3. The van der Waals surface area contributed by atoms with E-state index in [1.54, 1.807) is 0 Å². The smallest absolute Gasteiger partial charge is 0.236 e. The summed E-state index contributed by atoms with van der Waals surface area (Å²) in [4.78, 5) is 10.6. The first-order valence-corrected chi connectivity index (χ1v) is 15.2. The molecule has 0 aliphatic carbocycles. The van der Waals surface area contributed by atoms with E-state index in [1.807, 2.05) is 29.5 Å².